The van der Waals surface area contributed by atoms with E-state index in [-0.39, 0.29) is 5.41 Å². The highest BCUT2D eigenvalue weighted by atomic mass is 14.9. The van der Waals surface area contributed by atoms with Crippen LogP contribution in [0.5, 0.6) is 0 Å². The van der Waals surface area contributed by atoms with E-state index in [1.807, 2.05) is 0 Å². The summed E-state index contributed by atoms with van der Waals surface area (Å²) < 4.78 is 0. The maximum absolute atomic E-state index is 3.69. The third kappa shape index (κ3) is 6.06. The van der Waals surface area contributed by atoms with Crippen molar-refractivity contribution in [3.8, 4) is 0 Å². The maximum Gasteiger partial charge on any atom is 0.0402 e. The summed E-state index contributed by atoms with van der Waals surface area (Å²) in [5.74, 6) is 0. The van der Waals surface area contributed by atoms with Gasteiger partial charge in [0.05, 0.1) is 0 Å². The molecule has 1 N–H and O–H groups in total. The summed E-state index contributed by atoms with van der Waals surface area (Å²) in [4.78, 5) is 0. The van der Waals surface area contributed by atoms with Gasteiger partial charge in [-0.2, -0.15) is 0 Å². The van der Waals surface area contributed by atoms with Gasteiger partial charge in [0.25, 0.3) is 0 Å². The molecule has 0 bridgehead atoms. The van der Waals surface area contributed by atoms with Gasteiger partial charge in [-0.25, -0.2) is 0 Å². The van der Waals surface area contributed by atoms with Gasteiger partial charge in [-0.05, 0) is 55.6 Å². The fourth-order valence-electron chi connectivity index (χ4n) is 3.40. The van der Waals surface area contributed by atoms with Crippen LogP contribution in [0.4, 0.5) is 5.69 Å². The molecule has 0 saturated heterocycles. The lowest BCUT2D eigenvalue weighted by molar-refractivity contribution is 0.149. The molecule has 1 aromatic carbocycles. The van der Waals surface area contributed by atoms with E-state index in [0.717, 1.165) is 13.0 Å². The number of allylic oxidation sites excluding steroid dienone is 3. The SMILES string of the molecule is C/C=C\C/C(=C\C(C)(C)C(C)(C)CCC)CNc1c(C)cccc1C. The van der Waals surface area contributed by atoms with E-state index < -0.39 is 0 Å². The Hall–Kier alpha value is -1.50. The fraction of sp³-hybridized carbons (Fsp3) is 0.583. The molecule has 140 valence electrons. The van der Waals surface area contributed by atoms with E-state index in [1.165, 1.54) is 35.2 Å². The van der Waals surface area contributed by atoms with Gasteiger partial charge in [-0.1, -0.05) is 83.0 Å². The number of para-hydroxylation sites is 1. The minimum absolute atomic E-state index is 0.169. The van der Waals surface area contributed by atoms with Crippen molar-refractivity contribution in [1.29, 1.82) is 0 Å². The summed E-state index contributed by atoms with van der Waals surface area (Å²) in [6, 6.07) is 6.49. The first-order valence-electron chi connectivity index (χ1n) is 9.76. The Labute approximate surface area is 156 Å². The normalized spacial score (nSPS) is 13.5. The number of anilines is 1. The second kappa shape index (κ2) is 9.27. The molecule has 1 rings (SSSR count). The first-order chi connectivity index (χ1) is 11.6. The van der Waals surface area contributed by atoms with E-state index in [0.29, 0.717) is 5.41 Å². The fourth-order valence-corrected chi connectivity index (χ4v) is 3.40. The number of rotatable bonds is 9. The summed E-state index contributed by atoms with van der Waals surface area (Å²) in [5.41, 5.74) is 5.84. The number of aryl methyl sites for hydroxylation is 2. The van der Waals surface area contributed by atoms with Gasteiger partial charge in [0, 0.05) is 12.2 Å². The third-order valence-corrected chi connectivity index (χ3v) is 5.77. The van der Waals surface area contributed by atoms with Gasteiger partial charge < -0.3 is 5.32 Å². The number of hydrogen-bond donors (Lipinski definition) is 1. The summed E-state index contributed by atoms with van der Waals surface area (Å²) in [7, 11) is 0. The molecule has 0 amide bonds. The van der Waals surface area contributed by atoms with Gasteiger partial charge in [0.15, 0.2) is 0 Å². The topological polar surface area (TPSA) is 12.0 Å². The van der Waals surface area contributed by atoms with Crippen molar-refractivity contribution in [2.24, 2.45) is 10.8 Å². The lowest BCUT2D eigenvalue weighted by atomic mass is 9.65. The molecule has 0 aromatic heterocycles. The van der Waals surface area contributed by atoms with Gasteiger partial charge in [-0.15, -0.1) is 0 Å². The van der Waals surface area contributed by atoms with Crippen LogP contribution in [0.15, 0.2) is 42.0 Å². The zero-order valence-electron chi connectivity index (χ0n) is 17.8. The summed E-state index contributed by atoms with van der Waals surface area (Å²) >= 11 is 0. The molecule has 0 aliphatic rings. The average molecular weight is 342 g/mol. The molecule has 0 fully saturated rings. The highest BCUT2D eigenvalue weighted by Crippen LogP contribution is 2.44. The first kappa shape index (κ1) is 21.5. The standard InChI is InChI=1S/C24H39N/c1-9-11-15-21(17-24(7,8)23(5,6)16-10-2)18-25-22-19(3)13-12-14-20(22)4/h9,11-14,17,25H,10,15-16,18H2,1-8H3/b11-9-,21-17+. The maximum atomic E-state index is 3.69. The zero-order chi connectivity index (χ0) is 19.1. The van der Waals surface area contributed by atoms with Crippen LogP contribution in [0.25, 0.3) is 0 Å². The second-order valence-electron chi connectivity index (χ2n) is 8.55. The summed E-state index contributed by atoms with van der Waals surface area (Å²) in [6.45, 7) is 19.2. The van der Waals surface area contributed by atoms with Crippen molar-refractivity contribution in [1.82, 2.24) is 0 Å². The van der Waals surface area contributed by atoms with E-state index in [9.17, 15) is 0 Å². The molecular weight excluding hydrogens is 302 g/mol. The first-order valence-corrected chi connectivity index (χ1v) is 9.76. The van der Waals surface area contributed by atoms with Gasteiger partial charge >= 0.3 is 0 Å². The third-order valence-electron chi connectivity index (χ3n) is 5.77. The Morgan fingerprint density at radius 2 is 1.68 bits per heavy atom. The predicted octanol–water partition coefficient (Wildman–Crippen LogP) is 7.46. The molecule has 0 unspecified atom stereocenters. The molecule has 0 radical (unpaired) electrons. The summed E-state index contributed by atoms with van der Waals surface area (Å²) in [6.07, 6.45) is 10.4. The van der Waals surface area contributed by atoms with E-state index in [2.05, 4.69) is 97.1 Å². The largest absolute Gasteiger partial charge is 0.381 e. The van der Waals surface area contributed by atoms with Crippen LogP contribution >= 0.6 is 0 Å². The minimum atomic E-state index is 0.169. The molecule has 0 heterocycles. The molecule has 25 heavy (non-hydrogen) atoms. The van der Waals surface area contributed by atoms with Crippen LogP contribution in [0.2, 0.25) is 0 Å². The van der Waals surface area contributed by atoms with Crippen molar-refractivity contribution in [3.63, 3.8) is 0 Å². The molecular formula is C24H39N. The van der Waals surface area contributed by atoms with Crippen LogP contribution in [0.3, 0.4) is 0 Å². The Kier molecular flexibility index (Phi) is 7.99. The smallest absolute Gasteiger partial charge is 0.0402 e. The highest BCUT2D eigenvalue weighted by Gasteiger charge is 2.34. The zero-order valence-corrected chi connectivity index (χ0v) is 17.8. The van der Waals surface area contributed by atoms with Gasteiger partial charge in [0.1, 0.15) is 0 Å². The molecule has 0 saturated carbocycles. The van der Waals surface area contributed by atoms with Crippen molar-refractivity contribution in [2.75, 3.05) is 11.9 Å². The van der Waals surface area contributed by atoms with Crippen LogP contribution in [0, 0.1) is 24.7 Å². The number of nitrogens with one attached hydrogen (secondary N) is 1. The predicted molar refractivity (Wildman–Crippen MR) is 114 cm³/mol. The molecule has 1 aromatic rings. The van der Waals surface area contributed by atoms with E-state index in [4.69, 9.17) is 0 Å². The molecule has 0 atom stereocenters. The number of benzene rings is 1. The number of hydrogen-bond acceptors (Lipinski definition) is 1. The minimum Gasteiger partial charge on any atom is -0.381 e. The van der Waals surface area contributed by atoms with E-state index in [1.54, 1.807) is 0 Å². The van der Waals surface area contributed by atoms with Crippen molar-refractivity contribution >= 4 is 5.69 Å². The second-order valence-corrected chi connectivity index (χ2v) is 8.55. The van der Waals surface area contributed by atoms with Gasteiger partial charge in [0.2, 0.25) is 0 Å². The van der Waals surface area contributed by atoms with Crippen molar-refractivity contribution in [3.05, 3.63) is 53.1 Å². The van der Waals surface area contributed by atoms with Crippen LogP contribution in [0.1, 0.15) is 71.9 Å². The monoisotopic (exact) mass is 341 g/mol. The van der Waals surface area contributed by atoms with Crippen molar-refractivity contribution < 1.29 is 0 Å². The molecule has 0 aliphatic heterocycles. The quantitative estimate of drug-likeness (QED) is 0.460. The van der Waals surface area contributed by atoms with Crippen LogP contribution in [-0.2, 0) is 0 Å². The molecule has 1 nitrogen and oxygen atoms in total. The lowest BCUT2D eigenvalue weighted by Gasteiger charge is -2.40. The molecule has 1 heteroatoms. The summed E-state index contributed by atoms with van der Waals surface area (Å²) in [5, 5.41) is 3.69. The lowest BCUT2D eigenvalue weighted by Crippen LogP contribution is -2.31. The molecule has 0 spiro atoms. The van der Waals surface area contributed by atoms with E-state index >= 15 is 0 Å². The highest BCUT2D eigenvalue weighted by molar-refractivity contribution is 5.57. The van der Waals surface area contributed by atoms with Crippen LogP contribution < -0.4 is 5.32 Å². The van der Waals surface area contributed by atoms with Crippen molar-refractivity contribution in [2.45, 2.75) is 74.7 Å². The Balaban J connectivity index is 3.04. The van der Waals surface area contributed by atoms with Gasteiger partial charge in [-0.3, -0.25) is 0 Å². The average Bonchev–Trinajstić information content (AvgIpc) is 2.51. The Morgan fingerprint density at radius 1 is 1.08 bits per heavy atom. The van der Waals surface area contributed by atoms with Crippen LogP contribution in [-0.4, -0.2) is 6.54 Å². The molecule has 0 aliphatic carbocycles. The Bertz CT molecular complexity index is 582. The Morgan fingerprint density at radius 3 is 2.20 bits per heavy atom.